The molecule has 0 saturated carbocycles. The maximum atomic E-state index is 13.0. The lowest BCUT2D eigenvalue weighted by Gasteiger charge is -2.37. The van der Waals surface area contributed by atoms with Crippen molar-refractivity contribution in [1.29, 1.82) is 0 Å². The van der Waals surface area contributed by atoms with Crippen LogP contribution < -0.4 is 4.74 Å². The Morgan fingerprint density at radius 1 is 1.15 bits per heavy atom. The topological polar surface area (TPSA) is 60.2 Å². The van der Waals surface area contributed by atoms with E-state index in [9.17, 15) is 9.50 Å². The summed E-state index contributed by atoms with van der Waals surface area (Å²) in [6, 6.07) is 11.6. The van der Waals surface area contributed by atoms with Crippen LogP contribution >= 0.6 is 0 Å². The van der Waals surface area contributed by atoms with Crippen LogP contribution in [0.25, 0.3) is 0 Å². The summed E-state index contributed by atoms with van der Waals surface area (Å²) in [6.45, 7) is 4.43. The van der Waals surface area contributed by atoms with Crippen molar-refractivity contribution in [2.75, 3.05) is 0 Å². The van der Waals surface area contributed by atoms with Gasteiger partial charge in [0.25, 0.3) is 0 Å². The molecule has 0 aliphatic heterocycles. The molecule has 0 saturated heterocycles. The molecule has 3 aromatic rings. The van der Waals surface area contributed by atoms with E-state index in [-0.39, 0.29) is 11.2 Å². The second-order valence-electron chi connectivity index (χ2n) is 7.39. The highest BCUT2D eigenvalue weighted by atomic mass is 19.1. The molecule has 1 N–H and O–H groups in total. The summed E-state index contributed by atoms with van der Waals surface area (Å²) in [5.41, 5.74) is 0.502. The molecular formula is C20H20FN3O2. The minimum atomic E-state index is -1.05. The Morgan fingerprint density at radius 3 is 2.58 bits per heavy atom. The van der Waals surface area contributed by atoms with Crippen LogP contribution in [0.2, 0.25) is 0 Å². The van der Waals surface area contributed by atoms with E-state index in [1.165, 1.54) is 18.5 Å². The fourth-order valence-electron chi connectivity index (χ4n) is 3.66. The normalized spacial score (nSPS) is 20.8. The van der Waals surface area contributed by atoms with Crippen LogP contribution in [0.4, 0.5) is 4.39 Å². The van der Waals surface area contributed by atoms with Crippen LogP contribution in [0.15, 0.2) is 55.1 Å². The fraction of sp³-hybridized carbons (Fsp3) is 0.300. The molecule has 6 heteroatoms. The highest BCUT2D eigenvalue weighted by Crippen LogP contribution is 2.51. The number of halogens is 1. The van der Waals surface area contributed by atoms with Gasteiger partial charge in [-0.05, 0) is 53.9 Å². The first-order chi connectivity index (χ1) is 12.4. The van der Waals surface area contributed by atoms with E-state index in [0.29, 0.717) is 24.5 Å². The van der Waals surface area contributed by atoms with Gasteiger partial charge in [0.2, 0.25) is 0 Å². The van der Waals surface area contributed by atoms with Crippen LogP contribution in [0, 0.1) is 11.2 Å². The molecule has 1 aliphatic rings. The largest absolute Gasteiger partial charge is 0.457 e. The predicted octanol–water partition coefficient (Wildman–Crippen LogP) is 3.68. The molecule has 2 aromatic carbocycles. The van der Waals surface area contributed by atoms with E-state index in [1.807, 2.05) is 32.0 Å². The Kier molecular flexibility index (Phi) is 3.80. The second kappa shape index (κ2) is 5.92. The van der Waals surface area contributed by atoms with Gasteiger partial charge in [-0.1, -0.05) is 19.9 Å². The van der Waals surface area contributed by atoms with E-state index < -0.39 is 5.60 Å². The van der Waals surface area contributed by atoms with E-state index in [4.69, 9.17) is 4.74 Å². The third kappa shape index (κ3) is 2.76. The molecule has 1 aliphatic carbocycles. The van der Waals surface area contributed by atoms with Crippen LogP contribution in [-0.2, 0) is 18.6 Å². The van der Waals surface area contributed by atoms with Gasteiger partial charge in [-0.25, -0.2) is 14.1 Å². The molecule has 0 radical (unpaired) electrons. The number of nitrogens with zero attached hydrogens (tertiary/aromatic N) is 3. The van der Waals surface area contributed by atoms with Crippen molar-refractivity contribution in [2.45, 2.75) is 32.4 Å². The number of ether oxygens (including phenoxy) is 1. The zero-order valence-electron chi connectivity index (χ0n) is 14.7. The van der Waals surface area contributed by atoms with E-state index in [0.717, 1.165) is 11.1 Å². The highest BCUT2D eigenvalue weighted by Gasteiger charge is 2.51. The molecule has 1 unspecified atom stereocenters. The van der Waals surface area contributed by atoms with E-state index >= 15 is 0 Å². The molecule has 26 heavy (non-hydrogen) atoms. The third-order valence-electron chi connectivity index (χ3n) is 5.18. The standard InChI is InChI=1S/C20H20FN3O2/c1-19(2)10-14-9-17(26-16-5-3-15(21)4-6-16)7-8-18(14)20(19,25)11-24-13-22-12-23-24/h3-9,12-13,25H,10-11H2,1-2H3. The fourth-order valence-corrected chi connectivity index (χ4v) is 3.66. The monoisotopic (exact) mass is 353 g/mol. The van der Waals surface area contributed by atoms with Crippen molar-refractivity contribution >= 4 is 0 Å². The Labute approximate surface area is 151 Å². The maximum Gasteiger partial charge on any atom is 0.137 e. The van der Waals surface area contributed by atoms with Gasteiger partial charge in [-0.15, -0.1) is 0 Å². The van der Waals surface area contributed by atoms with Gasteiger partial charge in [-0.3, -0.25) is 0 Å². The van der Waals surface area contributed by atoms with Crippen molar-refractivity contribution < 1.29 is 14.2 Å². The molecule has 0 amide bonds. The van der Waals surface area contributed by atoms with Crippen LogP contribution in [0.1, 0.15) is 25.0 Å². The first-order valence-electron chi connectivity index (χ1n) is 8.49. The molecule has 4 rings (SSSR count). The number of rotatable bonds is 4. The minimum absolute atomic E-state index is 0.300. The lowest BCUT2D eigenvalue weighted by molar-refractivity contribution is -0.0754. The molecule has 0 fully saturated rings. The second-order valence-corrected chi connectivity index (χ2v) is 7.39. The summed E-state index contributed by atoms with van der Waals surface area (Å²) in [5.74, 6) is 0.934. The van der Waals surface area contributed by atoms with Gasteiger partial charge in [0.05, 0.1) is 6.54 Å². The van der Waals surface area contributed by atoms with Crippen LogP contribution in [0.3, 0.4) is 0 Å². The number of aromatic nitrogens is 3. The van der Waals surface area contributed by atoms with Crippen molar-refractivity contribution in [2.24, 2.45) is 5.41 Å². The zero-order chi connectivity index (χ0) is 18.4. The van der Waals surface area contributed by atoms with Crippen LogP contribution in [0.5, 0.6) is 11.5 Å². The van der Waals surface area contributed by atoms with Gasteiger partial charge in [-0.2, -0.15) is 5.10 Å². The van der Waals surface area contributed by atoms with E-state index in [1.54, 1.807) is 23.1 Å². The number of hydrogen-bond donors (Lipinski definition) is 1. The highest BCUT2D eigenvalue weighted by molar-refractivity contribution is 5.46. The summed E-state index contributed by atoms with van der Waals surface area (Å²) < 4.78 is 20.5. The van der Waals surface area contributed by atoms with E-state index in [2.05, 4.69) is 10.1 Å². The lowest BCUT2D eigenvalue weighted by atomic mass is 9.75. The molecule has 1 heterocycles. The average molecular weight is 353 g/mol. The smallest absolute Gasteiger partial charge is 0.137 e. The van der Waals surface area contributed by atoms with Crippen molar-refractivity contribution in [3.05, 3.63) is 72.1 Å². The Morgan fingerprint density at radius 2 is 1.88 bits per heavy atom. The minimum Gasteiger partial charge on any atom is -0.457 e. The first kappa shape index (κ1) is 16.7. The maximum absolute atomic E-state index is 13.0. The summed E-state index contributed by atoms with van der Waals surface area (Å²) in [5, 5.41) is 15.6. The summed E-state index contributed by atoms with van der Waals surface area (Å²) in [7, 11) is 0. The van der Waals surface area contributed by atoms with Gasteiger partial charge in [0.1, 0.15) is 35.6 Å². The number of hydrogen-bond acceptors (Lipinski definition) is 4. The van der Waals surface area contributed by atoms with Crippen molar-refractivity contribution in [3.63, 3.8) is 0 Å². The first-order valence-corrected chi connectivity index (χ1v) is 8.49. The molecule has 0 bridgehead atoms. The molecule has 1 aromatic heterocycles. The van der Waals surface area contributed by atoms with Crippen molar-refractivity contribution in [1.82, 2.24) is 14.8 Å². The number of aliphatic hydroxyl groups is 1. The summed E-state index contributed by atoms with van der Waals surface area (Å²) in [4.78, 5) is 3.96. The lowest BCUT2D eigenvalue weighted by Crippen LogP contribution is -2.42. The van der Waals surface area contributed by atoms with Crippen LogP contribution in [-0.4, -0.2) is 19.9 Å². The SMILES string of the molecule is CC1(C)Cc2cc(Oc3ccc(F)cc3)ccc2C1(O)Cn1cncn1. The third-order valence-corrected chi connectivity index (χ3v) is 5.18. The Bertz CT molecular complexity index is 923. The molecule has 1 atom stereocenters. The average Bonchev–Trinajstić information content (AvgIpc) is 3.15. The molecule has 0 spiro atoms. The predicted molar refractivity (Wildman–Crippen MR) is 94.3 cm³/mol. The summed E-state index contributed by atoms with van der Waals surface area (Å²) >= 11 is 0. The molecule has 5 nitrogen and oxygen atoms in total. The van der Waals surface area contributed by atoms with Gasteiger partial charge in [0, 0.05) is 5.41 Å². The zero-order valence-corrected chi connectivity index (χ0v) is 14.7. The Balaban J connectivity index is 1.65. The summed E-state index contributed by atoms with van der Waals surface area (Å²) in [6.07, 6.45) is 3.79. The molecule has 134 valence electrons. The Hall–Kier alpha value is -2.73. The number of fused-ring (bicyclic) bond motifs is 1. The van der Waals surface area contributed by atoms with Crippen molar-refractivity contribution in [3.8, 4) is 11.5 Å². The molecular weight excluding hydrogens is 333 g/mol. The van der Waals surface area contributed by atoms with Gasteiger partial charge < -0.3 is 9.84 Å². The van der Waals surface area contributed by atoms with Gasteiger partial charge in [0.15, 0.2) is 0 Å². The quantitative estimate of drug-likeness (QED) is 0.777. The van der Waals surface area contributed by atoms with Gasteiger partial charge >= 0.3 is 0 Å². The number of benzene rings is 2.